The maximum Gasteiger partial charge on any atom is 0.261 e. The fraction of sp³-hybridized carbons (Fsp3) is 0.300. The molecular weight excluding hydrogens is 298 g/mol. The smallest absolute Gasteiger partial charge is 0.261 e. The van der Waals surface area contributed by atoms with E-state index >= 15 is 0 Å². The summed E-state index contributed by atoms with van der Waals surface area (Å²) >= 11 is 0. The molecule has 3 aliphatic rings. The van der Waals surface area contributed by atoms with Crippen molar-refractivity contribution in [3.05, 3.63) is 58.0 Å². The van der Waals surface area contributed by atoms with Gasteiger partial charge < -0.3 is 0 Å². The highest BCUT2D eigenvalue weighted by atomic mass is 16.2. The predicted octanol–water partition coefficient (Wildman–Crippen LogP) is 1.43. The van der Waals surface area contributed by atoms with Crippen molar-refractivity contribution in [1.82, 2.24) is 10.4 Å². The van der Waals surface area contributed by atoms with Gasteiger partial charge in [0.05, 0.1) is 5.71 Å². The molecule has 1 N–H and O–H groups in total. The molecule has 4 heteroatoms. The van der Waals surface area contributed by atoms with Crippen LogP contribution in [-0.2, 0) is 4.79 Å². The number of carbonyl (C=O) groups excluding carboxylic acids is 1. The summed E-state index contributed by atoms with van der Waals surface area (Å²) in [6, 6.07) is 8.20. The van der Waals surface area contributed by atoms with Crippen molar-refractivity contribution in [2.75, 3.05) is 13.1 Å². The first kappa shape index (κ1) is 15.1. The lowest BCUT2D eigenvalue weighted by atomic mass is 9.95. The molecule has 0 radical (unpaired) electrons. The lowest BCUT2D eigenvalue weighted by molar-refractivity contribution is -0.122. The molecule has 0 unspecified atom stereocenters. The van der Waals surface area contributed by atoms with Crippen LogP contribution in [-0.4, -0.2) is 29.7 Å². The first-order valence-electron chi connectivity index (χ1n) is 8.60. The van der Waals surface area contributed by atoms with E-state index in [0.717, 1.165) is 53.2 Å². The number of aliphatic imine (C=N–C) groups is 1. The van der Waals surface area contributed by atoms with Gasteiger partial charge >= 0.3 is 0 Å². The summed E-state index contributed by atoms with van der Waals surface area (Å²) in [7, 11) is 0. The van der Waals surface area contributed by atoms with Crippen LogP contribution in [0.3, 0.4) is 0 Å². The molecule has 4 nitrogen and oxygen atoms in total. The van der Waals surface area contributed by atoms with Crippen LogP contribution < -0.4 is 15.9 Å². The summed E-state index contributed by atoms with van der Waals surface area (Å²) in [5, 5.41) is 4.31. The maximum atomic E-state index is 12.5. The number of hydrogen-bond donors (Lipinski definition) is 1. The number of nitrogens with one attached hydrogen (secondary N) is 1. The Morgan fingerprint density at radius 3 is 2.67 bits per heavy atom. The number of fused-ring (bicyclic) bond motifs is 2. The number of rotatable bonds is 2. The number of nitrogens with zero attached hydrogens (tertiary/aromatic N) is 2. The molecule has 0 bridgehead atoms. The monoisotopic (exact) mass is 319 g/mol. The molecular formula is C20H21N3O. The lowest BCUT2D eigenvalue weighted by Gasteiger charge is -2.27. The van der Waals surface area contributed by atoms with Gasteiger partial charge in [-0.25, -0.2) is 5.01 Å². The van der Waals surface area contributed by atoms with E-state index in [1.165, 1.54) is 6.42 Å². The van der Waals surface area contributed by atoms with Gasteiger partial charge in [-0.15, -0.1) is 0 Å². The molecule has 24 heavy (non-hydrogen) atoms. The Bertz CT molecular complexity index is 870. The highest BCUT2D eigenvalue weighted by molar-refractivity contribution is 6.14. The fourth-order valence-electron chi connectivity index (χ4n) is 3.33. The van der Waals surface area contributed by atoms with Crippen LogP contribution >= 0.6 is 0 Å². The van der Waals surface area contributed by atoms with Gasteiger partial charge in [0.2, 0.25) is 0 Å². The number of amides is 1. The van der Waals surface area contributed by atoms with Crippen molar-refractivity contribution in [3.8, 4) is 0 Å². The van der Waals surface area contributed by atoms with Gasteiger partial charge in [-0.2, -0.15) is 0 Å². The van der Waals surface area contributed by atoms with Gasteiger partial charge in [-0.3, -0.25) is 15.2 Å². The van der Waals surface area contributed by atoms with Crippen molar-refractivity contribution >= 4 is 23.9 Å². The number of piperidine rings is 1. The normalized spacial score (nSPS) is 20.1. The van der Waals surface area contributed by atoms with Crippen LogP contribution in [0.5, 0.6) is 0 Å². The summed E-state index contributed by atoms with van der Waals surface area (Å²) < 4.78 is 0. The van der Waals surface area contributed by atoms with E-state index in [1.54, 1.807) is 0 Å². The number of benzene rings is 1. The first-order valence-corrected chi connectivity index (χ1v) is 8.60. The van der Waals surface area contributed by atoms with Crippen LogP contribution in [0.2, 0.25) is 0 Å². The molecule has 0 saturated carbocycles. The largest absolute Gasteiger partial charge is 0.285 e. The minimum absolute atomic E-state index is 0.00309. The molecule has 0 spiro atoms. The minimum atomic E-state index is -0.00309. The van der Waals surface area contributed by atoms with Gasteiger partial charge in [0.1, 0.15) is 0 Å². The third-order valence-electron chi connectivity index (χ3n) is 4.73. The van der Waals surface area contributed by atoms with Crippen LogP contribution in [0, 0.1) is 0 Å². The highest BCUT2D eigenvalue weighted by Crippen LogP contribution is 2.19. The predicted molar refractivity (Wildman–Crippen MR) is 96.4 cm³/mol. The topological polar surface area (TPSA) is 44.7 Å². The Kier molecular flexibility index (Phi) is 4.13. The number of carbonyl (C=O) groups is 1. The standard InChI is InChI=1S/C20H21N3O/c24-20(22-23-10-4-1-5-11-23)17-9-8-16-12-15-6-2-3-7-18(15)14-21-19(16)13-17/h2-3,6-9,12,14H,1,4-5,10-11,13H2,(H,22,24). The van der Waals surface area contributed by atoms with Crippen LogP contribution in [0.4, 0.5) is 0 Å². The first-order chi connectivity index (χ1) is 11.8. The van der Waals surface area contributed by atoms with E-state index in [0.29, 0.717) is 6.42 Å². The zero-order valence-corrected chi connectivity index (χ0v) is 13.7. The Morgan fingerprint density at radius 2 is 1.83 bits per heavy atom. The molecule has 1 amide bonds. The third-order valence-corrected chi connectivity index (χ3v) is 4.73. The highest BCUT2D eigenvalue weighted by Gasteiger charge is 2.20. The van der Waals surface area contributed by atoms with Gasteiger partial charge in [-0.1, -0.05) is 42.8 Å². The summed E-state index contributed by atoms with van der Waals surface area (Å²) in [5.74, 6) is -0.00309. The molecule has 4 rings (SSSR count). The molecule has 0 atom stereocenters. The van der Waals surface area contributed by atoms with E-state index in [-0.39, 0.29) is 5.91 Å². The molecule has 1 aliphatic carbocycles. The molecule has 1 aromatic carbocycles. The zero-order valence-electron chi connectivity index (χ0n) is 13.7. The average molecular weight is 319 g/mol. The molecule has 1 aromatic rings. The minimum Gasteiger partial charge on any atom is -0.285 e. The number of hydrazine groups is 1. The third kappa shape index (κ3) is 3.10. The quantitative estimate of drug-likeness (QED) is 0.896. The van der Waals surface area contributed by atoms with E-state index < -0.39 is 0 Å². The van der Waals surface area contributed by atoms with E-state index in [1.807, 2.05) is 35.5 Å². The Balaban J connectivity index is 1.56. The molecule has 2 heterocycles. The van der Waals surface area contributed by atoms with Crippen molar-refractivity contribution in [1.29, 1.82) is 0 Å². The fourth-order valence-corrected chi connectivity index (χ4v) is 3.33. The summed E-state index contributed by atoms with van der Waals surface area (Å²) in [6.07, 6.45) is 12.1. The van der Waals surface area contributed by atoms with E-state index in [9.17, 15) is 4.79 Å². The second-order valence-corrected chi connectivity index (χ2v) is 6.46. The summed E-state index contributed by atoms with van der Waals surface area (Å²) in [4.78, 5) is 17.1. The molecule has 2 aliphatic heterocycles. The van der Waals surface area contributed by atoms with Crippen molar-refractivity contribution in [3.63, 3.8) is 0 Å². The SMILES string of the molecule is O=C(NN1CCCCC1)C1=CC=C2C=c3ccccc3=CN=C2C1. The van der Waals surface area contributed by atoms with Crippen molar-refractivity contribution < 1.29 is 4.79 Å². The lowest BCUT2D eigenvalue weighted by Crippen LogP contribution is -2.45. The summed E-state index contributed by atoms with van der Waals surface area (Å²) in [6.45, 7) is 1.88. The zero-order chi connectivity index (χ0) is 16.4. The Labute approximate surface area is 141 Å². The molecule has 0 aromatic heterocycles. The second-order valence-electron chi connectivity index (χ2n) is 6.46. The van der Waals surface area contributed by atoms with Crippen LogP contribution in [0.25, 0.3) is 12.3 Å². The van der Waals surface area contributed by atoms with Crippen molar-refractivity contribution in [2.24, 2.45) is 4.99 Å². The second kappa shape index (κ2) is 6.57. The average Bonchev–Trinajstić information content (AvgIpc) is 2.81. The summed E-state index contributed by atoms with van der Waals surface area (Å²) in [5.41, 5.74) is 5.86. The molecule has 1 fully saturated rings. The van der Waals surface area contributed by atoms with Crippen molar-refractivity contribution in [2.45, 2.75) is 25.7 Å². The Morgan fingerprint density at radius 1 is 1.04 bits per heavy atom. The van der Waals surface area contributed by atoms with Gasteiger partial charge in [-0.05, 0) is 34.9 Å². The van der Waals surface area contributed by atoms with Crippen LogP contribution in [0.1, 0.15) is 25.7 Å². The van der Waals surface area contributed by atoms with E-state index in [2.05, 4.69) is 28.6 Å². The number of hydrogen-bond acceptors (Lipinski definition) is 3. The number of allylic oxidation sites excluding steroid dienone is 3. The van der Waals surface area contributed by atoms with Gasteiger partial charge in [0, 0.05) is 31.3 Å². The van der Waals surface area contributed by atoms with Gasteiger partial charge in [0.25, 0.3) is 5.91 Å². The van der Waals surface area contributed by atoms with Crippen LogP contribution in [0.15, 0.2) is 52.6 Å². The Hall–Kier alpha value is -2.46. The molecule has 122 valence electrons. The van der Waals surface area contributed by atoms with Gasteiger partial charge in [0.15, 0.2) is 0 Å². The maximum absolute atomic E-state index is 12.5. The molecule has 1 saturated heterocycles. The van der Waals surface area contributed by atoms with E-state index in [4.69, 9.17) is 0 Å².